The predicted octanol–water partition coefficient (Wildman–Crippen LogP) is 8.20. The Labute approximate surface area is 387 Å². The van der Waals surface area contributed by atoms with Gasteiger partial charge in [0.2, 0.25) is 20.0 Å². The lowest BCUT2D eigenvalue weighted by molar-refractivity contribution is 0.355. The molecule has 62 heavy (non-hydrogen) atoms. The molecule has 2 saturated heterocycles. The van der Waals surface area contributed by atoms with Crippen molar-refractivity contribution in [2.45, 2.75) is 9.79 Å². The number of aromatic nitrogens is 2. The standard InChI is InChI=1S/2C21H22BrN3O4S2/c1-28-15-7-8-19(29-2)16(13-15)18-14-30-21(23-18)24-9-11-25(12-10-24)31(26,27)20-6-4-3-5-17(20)22;1-28-18-8-7-15(13-19(18)29-2)17-14-30-21(23-17)24-9-11-25(12-10-24)31(26,27)20-6-4-3-5-16(20)22/h2*3-8,13-14H,9-12H2,1-2H3. The average molecular weight is 1050 g/mol. The molecule has 0 aliphatic carbocycles. The minimum absolute atomic E-state index is 0.296. The highest BCUT2D eigenvalue weighted by molar-refractivity contribution is 9.10. The molecule has 2 fully saturated rings. The summed E-state index contributed by atoms with van der Waals surface area (Å²) in [4.78, 5) is 14.4. The lowest BCUT2D eigenvalue weighted by Crippen LogP contribution is -2.48. The van der Waals surface area contributed by atoms with Gasteiger partial charge in [0.1, 0.15) is 11.5 Å². The molecule has 2 aromatic heterocycles. The van der Waals surface area contributed by atoms with Crippen LogP contribution in [0.2, 0.25) is 0 Å². The molecule has 8 rings (SSSR count). The Morgan fingerprint density at radius 2 is 1.00 bits per heavy atom. The molecule has 0 N–H and O–H groups in total. The van der Waals surface area contributed by atoms with Gasteiger partial charge in [-0.15, -0.1) is 22.7 Å². The summed E-state index contributed by atoms with van der Waals surface area (Å²) in [5.74, 6) is 2.78. The van der Waals surface area contributed by atoms with Gasteiger partial charge in [0.25, 0.3) is 0 Å². The molecule has 0 unspecified atom stereocenters. The molecule has 2 aliphatic rings. The third-order valence-corrected chi connectivity index (χ3v) is 17.9. The summed E-state index contributed by atoms with van der Waals surface area (Å²) in [6.45, 7) is 3.95. The van der Waals surface area contributed by atoms with E-state index in [0.29, 0.717) is 82.6 Å². The molecule has 0 bridgehead atoms. The second kappa shape index (κ2) is 20.0. The molecule has 0 saturated carbocycles. The van der Waals surface area contributed by atoms with Crippen molar-refractivity contribution in [2.24, 2.45) is 0 Å². The zero-order chi connectivity index (χ0) is 44.0. The van der Waals surface area contributed by atoms with Crippen molar-refractivity contribution in [3.05, 3.63) is 105 Å². The van der Waals surface area contributed by atoms with Gasteiger partial charge >= 0.3 is 0 Å². The van der Waals surface area contributed by atoms with E-state index in [1.54, 1.807) is 88.3 Å². The van der Waals surface area contributed by atoms with Crippen LogP contribution in [-0.4, -0.2) is 116 Å². The van der Waals surface area contributed by atoms with E-state index in [9.17, 15) is 16.8 Å². The lowest BCUT2D eigenvalue weighted by Gasteiger charge is -2.34. The maximum Gasteiger partial charge on any atom is 0.244 e. The predicted molar refractivity (Wildman–Crippen MR) is 252 cm³/mol. The van der Waals surface area contributed by atoms with E-state index in [-0.39, 0.29) is 0 Å². The van der Waals surface area contributed by atoms with E-state index < -0.39 is 20.0 Å². The topological polar surface area (TPSA) is 144 Å². The van der Waals surface area contributed by atoms with E-state index in [0.717, 1.165) is 44.3 Å². The van der Waals surface area contributed by atoms with E-state index in [4.69, 9.17) is 28.9 Å². The van der Waals surface area contributed by atoms with Crippen molar-refractivity contribution in [3.8, 4) is 45.5 Å². The Balaban J connectivity index is 0.000000186. The summed E-state index contributed by atoms with van der Waals surface area (Å²) in [6, 6.07) is 25.1. The van der Waals surface area contributed by atoms with Crippen molar-refractivity contribution in [1.29, 1.82) is 0 Å². The number of hydrogen-bond donors (Lipinski definition) is 0. The SMILES string of the molecule is COc1ccc(-c2csc(N3CCN(S(=O)(=O)c4ccccc4Br)CC3)n2)cc1OC.COc1ccc(OC)c(-c2csc(N3CCN(S(=O)(=O)c4ccccc4Br)CC3)n2)c1. The molecule has 6 aromatic rings. The number of nitrogens with zero attached hydrogens (tertiary/aromatic N) is 6. The number of ether oxygens (including phenoxy) is 4. The largest absolute Gasteiger partial charge is 0.497 e. The van der Waals surface area contributed by atoms with Crippen LogP contribution in [-0.2, 0) is 20.0 Å². The van der Waals surface area contributed by atoms with Crippen LogP contribution in [0.15, 0.2) is 114 Å². The van der Waals surface area contributed by atoms with Crippen LogP contribution in [0.3, 0.4) is 0 Å². The first-order valence-corrected chi connectivity index (χ1v) is 25.5. The summed E-state index contributed by atoms with van der Waals surface area (Å²) in [6.07, 6.45) is 0. The van der Waals surface area contributed by atoms with Gasteiger partial charge in [0, 0.05) is 83.2 Å². The number of thiazole rings is 2. The number of hydrogen-bond acceptors (Lipinski definition) is 14. The maximum atomic E-state index is 13.0. The number of sulfonamides is 2. The summed E-state index contributed by atoms with van der Waals surface area (Å²) in [5, 5.41) is 5.72. The minimum Gasteiger partial charge on any atom is -0.497 e. The van der Waals surface area contributed by atoms with E-state index >= 15 is 0 Å². The fourth-order valence-electron chi connectivity index (χ4n) is 6.91. The van der Waals surface area contributed by atoms with Gasteiger partial charge in [-0.2, -0.15) is 8.61 Å². The molecule has 4 heterocycles. The molecule has 4 aromatic carbocycles. The summed E-state index contributed by atoms with van der Waals surface area (Å²) < 4.78 is 77.7. The number of halogens is 2. The van der Waals surface area contributed by atoms with Crippen LogP contribution in [0.25, 0.3) is 22.5 Å². The lowest BCUT2D eigenvalue weighted by atomic mass is 10.1. The zero-order valence-corrected chi connectivity index (χ0v) is 40.7. The fourth-order valence-corrected chi connectivity index (χ4v) is 13.4. The first kappa shape index (κ1) is 45.7. The first-order valence-electron chi connectivity index (χ1n) is 19.2. The Morgan fingerprint density at radius 1 is 0.532 bits per heavy atom. The summed E-state index contributed by atoms with van der Waals surface area (Å²) in [5.41, 5.74) is 3.46. The van der Waals surface area contributed by atoms with Crippen LogP contribution in [0, 0.1) is 0 Å². The molecule has 0 amide bonds. The zero-order valence-electron chi connectivity index (χ0n) is 34.2. The number of methoxy groups -OCH3 is 4. The fraction of sp³-hybridized carbons (Fsp3) is 0.286. The summed E-state index contributed by atoms with van der Waals surface area (Å²) in [7, 11) is -0.608. The van der Waals surface area contributed by atoms with Gasteiger partial charge in [0.15, 0.2) is 21.8 Å². The molecule has 2 aliphatic heterocycles. The third kappa shape index (κ3) is 9.91. The van der Waals surface area contributed by atoms with Gasteiger partial charge < -0.3 is 28.7 Å². The quantitative estimate of drug-likeness (QED) is 0.117. The summed E-state index contributed by atoms with van der Waals surface area (Å²) >= 11 is 9.78. The van der Waals surface area contributed by atoms with Crippen LogP contribution in [0.5, 0.6) is 23.0 Å². The van der Waals surface area contributed by atoms with Crippen molar-refractivity contribution >= 4 is 84.8 Å². The van der Waals surface area contributed by atoms with Crippen molar-refractivity contribution in [1.82, 2.24) is 18.6 Å². The first-order chi connectivity index (χ1) is 29.9. The van der Waals surface area contributed by atoms with Crippen LogP contribution < -0.4 is 28.7 Å². The minimum atomic E-state index is -3.54. The average Bonchev–Trinajstić information content (AvgIpc) is 4.01. The maximum absolute atomic E-state index is 13.0. The second-order valence-electron chi connectivity index (χ2n) is 13.8. The van der Waals surface area contributed by atoms with Gasteiger partial charge in [-0.05, 0) is 92.5 Å². The molecule has 0 spiro atoms. The Morgan fingerprint density at radius 3 is 1.48 bits per heavy atom. The molecule has 0 atom stereocenters. The Kier molecular flexibility index (Phi) is 14.8. The number of anilines is 2. The Hall–Kier alpha value is -4.28. The Bertz CT molecular complexity index is 2720. The van der Waals surface area contributed by atoms with Crippen molar-refractivity contribution in [2.75, 3.05) is 90.6 Å². The van der Waals surface area contributed by atoms with E-state index in [2.05, 4.69) is 41.7 Å². The third-order valence-electron chi connectivity index (χ3n) is 10.3. The van der Waals surface area contributed by atoms with Gasteiger partial charge in [-0.1, -0.05) is 24.3 Å². The van der Waals surface area contributed by atoms with Gasteiger partial charge in [-0.25, -0.2) is 26.8 Å². The molecule has 14 nitrogen and oxygen atoms in total. The molecule has 328 valence electrons. The smallest absolute Gasteiger partial charge is 0.244 e. The van der Waals surface area contributed by atoms with E-state index in [1.165, 1.54) is 19.9 Å². The van der Waals surface area contributed by atoms with Crippen LogP contribution in [0.1, 0.15) is 0 Å². The van der Waals surface area contributed by atoms with Crippen LogP contribution in [0.4, 0.5) is 10.3 Å². The highest BCUT2D eigenvalue weighted by Crippen LogP contribution is 2.38. The van der Waals surface area contributed by atoms with Gasteiger partial charge in [0.05, 0.1) is 49.6 Å². The highest BCUT2D eigenvalue weighted by Gasteiger charge is 2.32. The van der Waals surface area contributed by atoms with Crippen molar-refractivity contribution < 1.29 is 35.8 Å². The second-order valence-corrected chi connectivity index (χ2v) is 21.0. The van der Waals surface area contributed by atoms with E-state index in [1.807, 2.05) is 47.2 Å². The molecular weight excluding hydrogens is 1000 g/mol. The highest BCUT2D eigenvalue weighted by atomic mass is 79.9. The normalized spacial score (nSPS) is 15.1. The molecular formula is C42H44Br2N6O8S4. The molecule has 20 heteroatoms. The number of rotatable bonds is 12. The number of benzene rings is 4. The van der Waals surface area contributed by atoms with Crippen molar-refractivity contribution in [3.63, 3.8) is 0 Å². The monoisotopic (exact) mass is 1050 g/mol. The van der Waals surface area contributed by atoms with Gasteiger partial charge in [-0.3, -0.25) is 0 Å². The number of piperazine rings is 2. The molecule has 0 radical (unpaired) electrons. The van der Waals surface area contributed by atoms with Crippen LogP contribution >= 0.6 is 54.5 Å².